The van der Waals surface area contributed by atoms with Crippen LogP contribution in [0.4, 0.5) is 11.5 Å². The van der Waals surface area contributed by atoms with Crippen molar-refractivity contribution in [3.63, 3.8) is 0 Å². The lowest BCUT2D eigenvalue weighted by atomic mass is 10.4. The third-order valence-electron chi connectivity index (χ3n) is 1.90. The van der Waals surface area contributed by atoms with Crippen molar-refractivity contribution < 1.29 is 4.92 Å². The van der Waals surface area contributed by atoms with E-state index >= 15 is 0 Å². The quantitative estimate of drug-likeness (QED) is 0.619. The lowest BCUT2D eigenvalue weighted by Gasteiger charge is -2.03. The van der Waals surface area contributed by atoms with Crippen molar-refractivity contribution in [2.75, 3.05) is 5.32 Å². The molecule has 14 heavy (non-hydrogen) atoms. The van der Waals surface area contributed by atoms with Gasteiger partial charge in [0.15, 0.2) is 0 Å². The van der Waals surface area contributed by atoms with Crippen molar-refractivity contribution in [1.82, 2.24) is 4.98 Å². The van der Waals surface area contributed by atoms with Crippen LogP contribution in [-0.4, -0.2) is 15.9 Å². The van der Waals surface area contributed by atoms with Crippen LogP contribution >= 0.6 is 12.4 Å². The minimum Gasteiger partial charge on any atom is -0.375 e. The number of nitro groups is 1. The van der Waals surface area contributed by atoms with Gasteiger partial charge in [0, 0.05) is 6.04 Å². The van der Waals surface area contributed by atoms with Gasteiger partial charge in [-0.05, 0) is 34.9 Å². The Labute approximate surface area is 87.1 Å². The summed E-state index contributed by atoms with van der Waals surface area (Å²) in [6.45, 7) is 0. The Bertz CT molecular complexity index is 341. The van der Waals surface area contributed by atoms with Crippen LogP contribution in [0.5, 0.6) is 0 Å². The molecule has 0 unspecified atom stereocenters. The summed E-state index contributed by atoms with van der Waals surface area (Å²) in [5.74, 6) is -0.0885. The Morgan fingerprint density at radius 2 is 2.29 bits per heavy atom. The number of hydrogen-bond donors (Lipinski definition) is 1. The molecule has 0 saturated heterocycles. The fourth-order valence-corrected chi connectivity index (χ4v) is 1.10. The largest absolute Gasteiger partial charge is 0.386 e. The van der Waals surface area contributed by atoms with E-state index in [1.165, 1.54) is 6.20 Å². The maximum Gasteiger partial charge on any atom is 0.386 e. The molecule has 0 aliphatic heterocycles. The summed E-state index contributed by atoms with van der Waals surface area (Å²) in [6, 6.07) is 3.78. The minimum absolute atomic E-state index is 0. The van der Waals surface area contributed by atoms with E-state index in [-0.39, 0.29) is 18.2 Å². The van der Waals surface area contributed by atoms with Gasteiger partial charge in [-0.25, -0.2) is 0 Å². The highest BCUT2D eigenvalue weighted by Crippen LogP contribution is 2.28. The number of rotatable bonds is 3. The van der Waals surface area contributed by atoms with Gasteiger partial charge < -0.3 is 15.4 Å². The molecule has 5 nitrogen and oxygen atoms in total. The molecule has 1 N–H and O–H groups in total. The maximum atomic E-state index is 10.5. The zero-order chi connectivity index (χ0) is 9.26. The first-order chi connectivity index (χ1) is 6.27. The molecule has 0 bridgehead atoms. The number of nitrogens with zero attached hydrogens (tertiary/aromatic N) is 2. The van der Waals surface area contributed by atoms with Crippen LogP contribution in [0.2, 0.25) is 0 Å². The molecule has 1 heterocycles. The second-order valence-electron chi connectivity index (χ2n) is 3.05. The lowest BCUT2D eigenvalue weighted by molar-refractivity contribution is -0.388. The smallest absolute Gasteiger partial charge is 0.375 e. The van der Waals surface area contributed by atoms with Gasteiger partial charge >= 0.3 is 5.82 Å². The lowest BCUT2D eigenvalue weighted by Crippen LogP contribution is -2.04. The van der Waals surface area contributed by atoms with E-state index < -0.39 is 4.92 Å². The fraction of sp³-hybridized carbons (Fsp3) is 0.375. The number of pyridine rings is 1. The molecule has 0 amide bonds. The van der Waals surface area contributed by atoms with Crippen LogP contribution in [0.25, 0.3) is 0 Å². The number of aromatic nitrogens is 1. The molecule has 1 aromatic heterocycles. The summed E-state index contributed by atoms with van der Waals surface area (Å²) in [6.07, 6.45) is 3.61. The Kier molecular flexibility index (Phi) is 3.24. The van der Waals surface area contributed by atoms with E-state index in [0.717, 1.165) is 12.8 Å². The summed E-state index contributed by atoms with van der Waals surface area (Å²) in [7, 11) is 0. The molecule has 1 saturated carbocycles. The van der Waals surface area contributed by atoms with Crippen LogP contribution in [0, 0.1) is 10.1 Å². The predicted molar refractivity (Wildman–Crippen MR) is 54.8 cm³/mol. The van der Waals surface area contributed by atoms with E-state index in [2.05, 4.69) is 10.3 Å². The third-order valence-corrected chi connectivity index (χ3v) is 1.90. The standard InChI is InChI=1S/C8H9N3O2.ClH/c12-11(13)8-7(2-1-5-9-8)10-6-3-4-6;/h1-2,5-6,10H,3-4H2;1H. The van der Waals surface area contributed by atoms with Gasteiger partial charge in [0.25, 0.3) is 0 Å². The molecular formula is C8H10ClN3O2. The molecule has 76 valence electrons. The highest BCUT2D eigenvalue weighted by Gasteiger charge is 2.24. The van der Waals surface area contributed by atoms with E-state index in [1.807, 2.05) is 0 Å². The monoisotopic (exact) mass is 215 g/mol. The normalized spacial score (nSPS) is 14.3. The van der Waals surface area contributed by atoms with Gasteiger partial charge in [0.05, 0.1) is 0 Å². The van der Waals surface area contributed by atoms with Crippen LogP contribution in [0.3, 0.4) is 0 Å². The van der Waals surface area contributed by atoms with Crippen LogP contribution in [0.1, 0.15) is 12.8 Å². The average molecular weight is 216 g/mol. The van der Waals surface area contributed by atoms with Gasteiger partial charge in [-0.1, -0.05) is 0 Å². The first-order valence-corrected chi connectivity index (χ1v) is 4.13. The summed E-state index contributed by atoms with van der Waals surface area (Å²) in [5.41, 5.74) is 0.523. The Balaban J connectivity index is 0.000000980. The second kappa shape index (κ2) is 4.23. The van der Waals surface area contributed by atoms with Crippen molar-refractivity contribution in [2.45, 2.75) is 18.9 Å². The van der Waals surface area contributed by atoms with Crippen molar-refractivity contribution in [3.8, 4) is 0 Å². The van der Waals surface area contributed by atoms with E-state index in [4.69, 9.17) is 0 Å². The molecule has 1 aliphatic rings. The van der Waals surface area contributed by atoms with E-state index in [9.17, 15) is 10.1 Å². The topological polar surface area (TPSA) is 68.1 Å². The summed E-state index contributed by atoms with van der Waals surface area (Å²) in [5, 5.41) is 13.6. The van der Waals surface area contributed by atoms with Gasteiger partial charge in [0.1, 0.15) is 11.9 Å². The number of nitrogens with one attached hydrogen (secondary N) is 1. The minimum atomic E-state index is -0.468. The van der Waals surface area contributed by atoms with E-state index in [0.29, 0.717) is 11.7 Å². The van der Waals surface area contributed by atoms with Crippen molar-refractivity contribution in [1.29, 1.82) is 0 Å². The molecule has 6 heteroatoms. The Hall–Kier alpha value is -1.36. The fourth-order valence-electron chi connectivity index (χ4n) is 1.10. The molecule has 0 atom stereocenters. The van der Waals surface area contributed by atoms with Crippen molar-refractivity contribution in [2.24, 2.45) is 0 Å². The Morgan fingerprint density at radius 1 is 1.57 bits per heavy atom. The first kappa shape index (κ1) is 10.7. The van der Waals surface area contributed by atoms with Crippen LogP contribution in [0.15, 0.2) is 18.3 Å². The second-order valence-corrected chi connectivity index (χ2v) is 3.05. The van der Waals surface area contributed by atoms with Crippen molar-refractivity contribution in [3.05, 3.63) is 28.4 Å². The molecule has 2 rings (SSSR count). The maximum absolute atomic E-state index is 10.5. The molecule has 1 fully saturated rings. The average Bonchev–Trinajstić information content (AvgIpc) is 2.89. The molecule has 0 spiro atoms. The summed E-state index contributed by atoms with van der Waals surface area (Å²) in [4.78, 5) is 13.8. The predicted octanol–water partition coefficient (Wildman–Crippen LogP) is 1.99. The Morgan fingerprint density at radius 3 is 2.86 bits per heavy atom. The molecule has 1 aliphatic carbocycles. The molecule has 1 aromatic rings. The first-order valence-electron chi connectivity index (χ1n) is 4.13. The molecule has 0 radical (unpaired) electrons. The van der Waals surface area contributed by atoms with Gasteiger partial charge in [-0.15, -0.1) is 12.4 Å². The highest BCUT2D eigenvalue weighted by molar-refractivity contribution is 5.85. The van der Waals surface area contributed by atoms with Gasteiger partial charge in [0.2, 0.25) is 0 Å². The number of hydrogen-bond acceptors (Lipinski definition) is 4. The van der Waals surface area contributed by atoms with Gasteiger partial charge in [-0.2, -0.15) is 0 Å². The van der Waals surface area contributed by atoms with Crippen LogP contribution < -0.4 is 5.32 Å². The molecular weight excluding hydrogens is 206 g/mol. The summed E-state index contributed by atoms with van der Waals surface area (Å²) >= 11 is 0. The number of halogens is 1. The zero-order valence-corrected chi connectivity index (χ0v) is 8.16. The SMILES string of the molecule is Cl.O=[N+]([O-])c1ncccc1NC1CC1. The third kappa shape index (κ3) is 2.32. The van der Waals surface area contributed by atoms with E-state index in [1.54, 1.807) is 12.1 Å². The zero-order valence-electron chi connectivity index (χ0n) is 7.34. The van der Waals surface area contributed by atoms with Crippen molar-refractivity contribution >= 4 is 23.9 Å². The van der Waals surface area contributed by atoms with Crippen LogP contribution in [-0.2, 0) is 0 Å². The highest BCUT2D eigenvalue weighted by atomic mass is 35.5. The summed E-state index contributed by atoms with van der Waals surface area (Å²) < 4.78 is 0. The van der Waals surface area contributed by atoms with Gasteiger partial charge in [-0.3, -0.25) is 0 Å². The molecule has 0 aromatic carbocycles. The number of anilines is 1.